The number of amides is 1. The van der Waals surface area contributed by atoms with Crippen molar-refractivity contribution in [3.05, 3.63) is 58.6 Å². The molecule has 1 aromatic heterocycles. The van der Waals surface area contributed by atoms with Crippen LogP contribution in [0.4, 0.5) is 22.2 Å². The predicted molar refractivity (Wildman–Crippen MR) is 129 cm³/mol. The first kappa shape index (κ1) is 22.8. The van der Waals surface area contributed by atoms with Crippen LogP contribution in [0.3, 0.4) is 0 Å². The van der Waals surface area contributed by atoms with Crippen molar-refractivity contribution in [1.82, 2.24) is 15.1 Å². The zero-order valence-electron chi connectivity index (χ0n) is 17.8. The van der Waals surface area contributed by atoms with Gasteiger partial charge in [-0.05, 0) is 30.3 Å². The first-order valence-corrected chi connectivity index (χ1v) is 12.0. The Kier molecular flexibility index (Phi) is 7.25. The van der Waals surface area contributed by atoms with Crippen LogP contribution in [0.25, 0.3) is 0 Å². The number of nitro benzene ring substituents is 1. The number of nitro groups is 1. The minimum Gasteiger partial charge on any atom is -0.497 e. The molecule has 1 amide bonds. The molecule has 2 heterocycles. The van der Waals surface area contributed by atoms with Gasteiger partial charge in [0.05, 0.1) is 17.8 Å². The minimum atomic E-state index is -0.372. The fraction of sp³-hybridized carbons (Fsp3) is 0.286. The highest BCUT2D eigenvalue weighted by atomic mass is 32.2. The van der Waals surface area contributed by atoms with E-state index in [1.54, 1.807) is 30.2 Å². The number of piperazine rings is 1. The molecular formula is C21H22N6O4S2. The number of hydrogen-bond acceptors (Lipinski definition) is 10. The number of benzene rings is 2. The number of carbonyl (C=O) groups is 1. The summed E-state index contributed by atoms with van der Waals surface area (Å²) in [6, 6.07) is 14.2. The normalized spacial score (nSPS) is 13.6. The number of thioether (sulfide) groups is 1. The maximum atomic E-state index is 12.7. The molecule has 10 nitrogen and oxygen atoms in total. The largest absolute Gasteiger partial charge is 0.497 e. The van der Waals surface area contributed by atoms with E-state index in [2.05, 4.69) is 15.5 Å². The second-order valence-corrected chi connectivity index (χ2v) is 9.33. The summed E-state index contributed by atoms with van der Waals surface area (Å²) >= 11 is 2.74. The van der Waals surface area contributed by atoms with Gasteiger partial charge in [0.25, 0.3) is 5.69 Å². The van der Waals surface area contributed by atoms with Gasteiger partial charge in [0.2, 0.25) is 11.0 Å². The molecule has 3 aromatic rings. The molecule has 0 spiro atoms. The standard InChI is InChI=1S/C21H22N6O4S2/c1-31-16-8-6-15(7-9-16)22-20-23-24-21(33-20)32-14-19(28)26-12-10-25(11-13-26)17-4-2-3-5-18(17)27(29)30/h2-9H,10-14H2,1H3,(H,22,23). The van der Waals surface area contributed by atoms with E-state index >= 15 is 0 Å². The number of nitrogens with zero attached hydrogens (tertiary/aromatic N) is 5. The van der Waals surface area contributed by atoms with Gasteiger partial charge in [-0.3, -0.25) is 14.9 Å². The Balaban J connectivity index is 1.26. The van der Waals surface area contributed by atoms with Crippen molar-refractivity contribution in [3.8, 4) is 5.75 Å². The Morgan fingerprint density at radius 1 is 1.15 bits per heavy atom. The maximum absolute atomic E-state index is 12.7. The van der Waals surface area contributed by atoms with Crippen LogP contribution in [0.15, 0.2) is 52.9 Å². The number of carbonyl (C=O) groups excluding carboxylic acids is 1. The topological polar surface area (TPSA) is 114 Å². The Hall–Kier alpha value is -3.38. The van der Waals surface area contributed by atoms with Crippen molar-refractivity contribution in [1.29, 1.82) is 0 Å². The molecular weight excluding hydrogens is 464 g/mol. The molecule has 1 aliphatic heterocycles. The number of aromatic nitrogens is 2. The van der Waals surface area contributed by atoms with Crippen molar-refractivity contribution < 1.29 is 14.5 Å². The van der Waals surface area contributed by atoms with Crippen LogP contribution in [0.1, 0.15) is 0 Å². The average Bonchev–Trinajstić information content (AvgIpc) is 3.30. The Bertz CT molecular complexity index is 1120. The summed E-state index contributed by atoms with van der Waals surface area (Å²) < 4.78 is 5.86. The number of nitrogens with one attached hydrogen (secondary N) is 1. The third-order valence-corrected chi connectivity index (χ3v) is 7.08. The number of anilines is 3. The summed E-state index contributed by atoms with van der Waals surface area (Å²) in [5.74, 6) is 1.06. The molecule has 12 heteroatoms. The third kappa shape index (κ3) is 5.71. The smallest absolute Gasteiger partial charge is 0.292 e. The zero-order chi connectivity index (χ0) is 23.2. The van der Waals surface area contributed by atoms with Crippen molar-refractivity contribution in [2.24, 2.45) is 0 Å². The van der Waals surface area contributed by atoms with E-state index in [-0.39, 0.29) is 22.3 Å². The van der Waals surface area contributed by atoms with E-state index in [0.717, 1.165) is 11.4 Å². The van der Waals surface area contributed by atoms with E-state index in [4.69, 9.17) is 4.74 Å². The van der Waals surface area contributed by atoms with Gasteiger partial charge in [-0.2, -0.15) is 0 Å². The fourth-order valence-corrected chi connectivity index (χ4v) is 5.09. The second-order valence-electron chi connectivity index (χ2n) is 7.13. The Morgan fingerprint density at radius 3 is 2.58 bits per heavy atom. The first-order valence-electron chi connectivity index (χ1n) is 10.2. The van der Waals surface area contributed by atoms with Crippen LogP contribution >= 0.6 is 23.1 Å². The van der Waals surface area contributed by atoms with Crippen molar-refractivity contribution in [2.45, 2.75) is 4.34 Å². The van der Waals surface area contributed by atoms with Gasteiger partial charge in [-0.1, -0.05) is 35.2 Å². The maximum Gasteiger partial charge on any atom is 0.292 e. The Labute approximate surface area is 198 Å². The quantitative estimate of drug-likeness (QED) is 0.289. The molecule has 0 radical (unpaired) electrons. The van der Waals surface area contributed by atoms with Crippen molar-refractivity contribution in [3.63, 3.8) is 0 Å². The van der Waals surface area contributed by atoms with Crippen molar-refractivity contribution >= 4 is 51.2 Å². The highest BCUT2D eigenvalue weighted by Gasteiger charge is 2.25. The van der Waals surface area contributed by atoms with Gasteiger partial charge >= 0.3 is 0 Å². The SMILES string of the molecule is COc1ccc(Nc2nnc(SCC(=O)N3CCN(c4ccccc4[N+](=O)[O-])CC3)s2)cc1. The molecule has 0 aliphatic carbocycles. The van der Waals surface area contributed by atoms with E-state index in [0.29, 0.717) is 41.3 Å². The lowest BCUT2D eigenvalue weighted by atomic mass is 10.2. The summed E-state index contributed by atoms with van der Waals surface area (Å²) in [6.45, 7) is 2.14. The number of ether oxygens (including phenoxy) is 1. The van der Waals surface area contributed by atoms with E-state index < -0.39 is 0 Å². The lowest BCUT2D eigenvalue weighted by Gasteiger charge is -2.35. The summed E-state index contributed by atoms with van der Waals surface area (Å²) in [7, 11) is 1.62. The van der Waals surface area contributed by atoms with Crippen LogP contribution in [-0.2, 0) is 4.79 Å². The van der Waals surface area contributed by atoms with E-state index in [1.807, 2.05) is 29.2 Å². The average molecular weight is 487 g/mol. The summed E-state index contributed by atoms with van der Waals surface area (Å²) in [4.78, 5) is 27.3. The van der Waals surface area contributed by atoms with E-state index in [1.165, 1.54) is 29.2 Å². The minimum absolute atomic E-state index is 0.0158. The van der Waals surface area contributed by atoms with Crippen molar-refractivity contribution in [2.75, 3.05) is 49.3 Å². The fourth-order valence-electron chi connectivity index (χ4n) is 3.41. The van der Waals surface area contributed by atoms with Gasteiger partial charge in [0.1, 0.15) is 11.4 Å². The highest BCUT2D eigenvalue weighted by molar-refractivity contribution is 8.01. The monoisotopic (exact) mass is 486 g/mol. The number of para-hydroxylation sites is 2. The highest BCUT2D eigenvalue weighted by Crippen LogP contribution is 2.30. The molecule has 1 N–H and O–H groups in total. The summed E-state index contributed by atoms with van der Waals surface area (Å²) in [5.41, 5.74) is 1.55. The molecule has 1 saturated heterocycles. The van der Waals surface area contributed by atoms with Gasteiger partial charge in [-0.25, -0.2) is 0 Å². The molecule has 0 unspecified atom stereocenters. The molecule has 0 saturated carbocycles. The molecule has 172 valence electrons. The van der Waals surface area contributed by atoms with Gasteiger partial charge < -0.3 is 19.9 Å². The van der Waals surface area contributed by atoms with Crippen LogP contribution < -0.4 is 15.0 Å². The lowest BCUT2D eigenvalue weighted by molar-refractivity contribution is -0.384. The van der Waals surface area contributed by atoms with Crippen LogP contribution in [0.5, 0.6) is 5.75 Å². The first-order chi connectivity index (χ1) is 16.0. The molecule has 1 aliphatic rings. The van der Waals surface area contributed by atoms with Gasteiger partial charge in [0.15, 0.2) is 4.34 Å². The molecule has 33 heavy (non-hydrogen) atoms. The van der Waals surface area contributed by atoms with Crippen LogP contribution in [-0.4, -0.2) is 65.0 Å². The van der Waals surface area contributed by atoms with Gasteiger partial charge in [-0.15, -0.1) is 10.2 Å². The van der Waals surface area contributed by atoms with E-state index in [9.17, 15) is 14.9 Å². The van der Waals surface area contributed by atoms with Crippen LogP contribution in [0, 0.1) is 10.1 Å². The predicted octanol–water partition coefficient (Wildman–Crippen LogP) is 3.64. The van der Waals surface area contributed by atoms with Gasteiger partial charge in [0, 0.05) is 37.9 Å². The zero-order valence-corrected chi connectivity index (χ0v) is 19.5. The Morgan fingerprint density at radius 2 is 1.88 bits per heavy atom. The number of rotatable bonds is 8. The second kappa shape index (κ2) is 10.5. The summed E-state index contributed by atoms with van der Waals surface area (Å²) in [6.07, 6.45) is 0. The van der Waals surface area contributed by atoms with Crippen LogP contribution in [0.2, 0.25) is 0 Å². The third-order valence-electron chi connectivity index (χ3n) is 5.12. The molecule has 1 fully saturated rings. The lowest BCUT2D eigenvalue weighted by Crippen LogP contribution is -2.49. The summed E-state index contributed by atoms with van der Waals surface area (Å²) in [5, 5.41) is 23.4. The molecule has 4 rings (SSSR count). The molecule has 0 atom stereocenters. The molecule has 0 bridgehead atoms. The number of methoxy groups -OCH3 is 1. The number of hydrogen-bond donors (Lipinski definition) is 1. The molecule has 2 aromatic carbocycles.